The van der Waals surface area contributed by atoms with Gasteiger partial charge in [-0.2, -0.15) is 0 Å². The first-order valence-electron chi connectivity index (χ1n) is 9.50. The summed E-state index contributed by atoms with van der Waals surface area (Å²) in [6.07, 6.45) is 6.70. The fourth-order valence-corrected chi connectivity index (χ4v) is 4.38. The molecule has 7 nitrogen and oxygen atoms in total. The molecule has 2 saturated heterocycles. The van der Waals surface area contributed by atoms with Crippen LogP contribution in [0.25, 0.3) is 22.2 Å². The van der Waals surface area contributed by atoms with Crippen LogP contribution in [0.5, 0.6) is 5.75 Å². The van der Waals surface area contributed by atoms with Gasteiger partial charge in [-0.3, -0.25) is 4.98 Å². The van der Waals surface area contributed by atoms with E-state index < -0.39 is 6.17 Å². The Balaban J connectivity index is 1.42. The first kappa shape index (κ1) is 17.2. The number of hydrogen-bond donors (Lipinski definition) is 2. The Morgan fingerprint density at radius 3 is 2.89 bits per heavy atom. The number of alkyl halides is 1. The molecule has 2 aliphatic heterocycles. The van der Waals surface area contributed by atoms with Crippen molar-refractivity contribution >= 4 is 16.6 Å². The topological polar surface area (TPSA) is 87.1 Å². The van der Waals surface area contributed by atoms with E-state index >= 15 is 0 Å². The molecule has 2 N–H and O–H groups in total. The van der Waals surface area contributed by atoms with Crippen LogP contribution in [0.3, 0.4) is 0 Å². The maximum Gasteiger partial charge on any atom is 0.185 e. The SMILES string of the molecule is CN(c1cnc(-c2cc3cnccc3cc2O)nn1)[C@@H]1C[C@H]2CC[C@H](N2)[C@@H]1F. The van der Waals surface area contributed by atoms with Crippen LogP contribution in [0.2, 0.25) is 0 Å². The lowest BCUT2D eigenvalue weighted by Gasteiger charge is -2.38. The Morgan fingerprint density at radius 2 is 2.07 bits per heavy atom. The van der Waals surface area contributed by atoms with Crippen molar-refractivity contribution in [1.29, 1.82) is 0 Å². The number of phenolic OH excluding ortho intramolecular Hbond substituents is 1. The average Bonchev–Trinajstić information content (AvgIpc) is 3.13. The largest absolute Gasteiger partial charge is 0.507 e. The van der Waals surface area contributed by atoms with E-state index in [0.717, 1.165) is 30.0 Å². The number of nitrogens with zero attached hydrogens (tertiary/aromatic N) is 5. The van der Waals surface area contributed by atoms with Crippen LogP contribution in [-0.2, 0) is 0 Å². The van der Waals surface area contributed by atoms with Crippen LogP contribution in [0.1, 0.15) is 19.3 Å². The summed E-state index contributed by atoms with van der Waals surface area (Å²) in [5.74, 6) is 0.933. The molecule has 0 unspecified atom stereocenters. The molecule has 0 radical (unpaired) electrons. The Bertz CT molecular complexity index is 1010. The van der Waals surface area contributed by atoms with Crippen LogP contribution in [0, 0.1) is 0 Å². The summed E-state index contributed by atoms with van der Waals surface area (Å²) in [6, 6.07) is 5.34. The predicted molar refractivity (Wildman–Crippen MR) is 104 cm³/mol. The molecule has 0 spiro atoms. The van der Waals surface area contributed by atoms with Gasteiger partial charge in [0.05, 0.1) is 17.8 Å². The van der Waals surface area contributed by atoms with Crippen LogP contribution in [0.4, 0.5) is 10.2 Å². The molecule has 4 heterocycles. The van der Waals surface area contributed by atoms with E-state index in [2.05, 4.69) is 25.5 Å². The molecule has 0 aliphatic carbocycles. The number of halogens is 1. The van der Waals surface area contributed by atoms with Gasteiger partial charge in [0.1, 0.15) is 11.9 Å². The van der Waals surface area contributed by atoms with Crippen molar-refractivity contribution in [3.05, 3.63) is 36.8 Å². The number of pyridine rings is 1. The number of phenols is 1. The van der Waals surface area contributed by atoms with Gasteiger partial charge >= 0.3 is 0 Å². The first-order valence-corrected chi connectivity index (χ1v) is 9.50. The molecule has 8 heteroatoms. The number of benzene rings is 1. The highest BCUT2D eigenvalue weighted by atomic mass is 19.1. The molecular formula is C20H21FN6O. The van der Waals surface area contributed by atoms with Gasteiger partial charge < -0.3 is 15.3 Å². The second-order valence-electron chi connectivity index (χ2n) is 7.64. The van der Waals surface area contributed by atoms with E-state index in [9.17, 15) is 9.50 Å². The minimum Gasteiger partial charge on any atom is -0.507 e. The summed E-state index contributed by atoms with van der Waals surface area (Å²) in [5, 5.41) is 23.9. The lowest BCUT2D eigenvalue weighted by molar-refractivity contribution is 0.176. The third kappa shape index (κ3) is 2.84. The van der Waals surface area contributed by atoms with Crippen LogP contribution < -0.4 is 10.2 Å². The van der Waals surface area contributed by atoms with E-state index in [1.807, 2.05) is 18.0 Å². The minimum atomic E-state index is -0.942. The van der Waals surface area contributed by atoms with Crippen molar-refractivity contribution in [2.24, 2.45) is 0 Å². The van der Waals surface area contributed by atoms with E-state index in [1.54, 1.807) is 30.7 Å². The lowest BCUT2D eigenvalue weighted by Crippen LogP contribution is -2.55. The molecule has 0 amide bonds. The van der Waals surface area contributed by atoms with E-state index in [4.69, 9.17) is 0 Å². The molecule has 0 saturated carbocycles. The molecule has 4 atom stereocenters. The molecular weight excluding hydrogens is 359 g/mol. The van der Waals surface area contributed by atoms with E-state index in [1.165, 1.54) is 0 Å². The van der Waals surface area contributed by atoms with Crippen molar-refractivity contribution in [3.63, 3.8) is 0 Å². The summed E-state index contributed by atoms with van der Waals surface area (Å²) in [6.45, 7) is 0. The molecule has 1 aromatic carbocycles. The number of piperidine rings is 1. The van der Waals surface area contributed by atoms with Crippen molar-refractivity contribution in [2.45, 2.75) is 43.6 Å². The summed E-state index contributed by atoms with van der Waals surface area (Å²) < 4.78 is 14.8. The smallest absolute Gasteiger partial charge is 0.185 e. The van der Waals surface area contributed by atoms with Crippen molar-refractivity contribution in [3.8, 4) is 17.1 Å². The zero-order valence-corrected chi connectivity index (χ0v) is 15.5. The van der Waals surface area contributed by atoms with Gasteiger partial charge in [0.2, 0.25) is 0 Å². The second-order valence-corrected chi connectivity index (χ2v) is 7.64. The zero-order valence-electron chi connectivity index (χ0n) is 15.5. The molecule has 3 aromatic rings. The molecule has 5 rings (SSSR count). The maximum atomic E-state index is 14.8. The summed E-state index contributed by atoms with van der Waals surface area (Å²) >= 11 is 0. The first-order chi connectivity index (χ1) is 13.6. The molecule has 2 aromatic heterocycles. The Morgan fingerprint density at radius 1 is 1.18 bits per heavy atom. The predicted octanol–water partition coefficient (Wildman–Crippen LogP) is 2.46. The Hall–Kier alpha value is -2.87. The van der Waals surface area contributed by atoms with Crippen molar-refractivity contribution in [2.75, 3.05) is 11.9 Å². The third-order valence-corrected chi connectivity index (χ3v) is 5.96. The highest BCUT2D eigenvalue weighted by Crippen LogP contribution is 2.34. The van der Waals surface area contributed by atoms with Crippen molar-refractivity contribution < 1.29 is 9.50 Å². The van der Waals surface area contributed by atoms with E-state index in [-0.39, 0.29) is 17.8 Å². The monoisotopic (exact) mass is 380 g/mol. The number of hydrogen-bond acceptors (Lipinski definition) is 7. The zero-order chi connectivity index (χ0) is 19.3. The molecule has 2 aliphatic rings. The molecule has 144 valence electrons. The lowest BCUT2D eigenvalue weighted by atomic mass is 9.96. The number of rotatable bonds is 3. The van der Waals surface area contributed by atoms with Gasteiger partial charge in [-0.25, -0.2) is 9.37 Å². The maximum absolute atomic E-state index is 14.8. The quantitative estimate of drug-likeness (QED) is 0.722. The number of fused-ring (bicyclic) bond motifs is 3. The van der Waals surface area contributed by atoms with Gasteiger partial charge in [-0.15, -0.1) is 10.2 Å². The van der Waals surface area contributed by atoms with Gasteiger partial charge in [0.15, 0.2) is 11.6 Å². The van der Waals surface area contributed by atoms with Gasteiger partial charge in [0, 0.05) is 36.9 Å². The Kier molecular flexibility index (Phi) is 4.08. The fraction of sp³-hybridized carbons (Fsp3) is 0.400. The highest BCUT2D eigenvalue weighted by Gasteiger charge is 2.43. The minimum absolute atomic E-state index is 0.0745. The fourth-order valence-electron chi connectivity index (χ4n) is 4.38. The molecule has 2 fully saturated rings. The number of anilines is 1. The highest BCUT2D eigenvalue weighted by molar-refractivity contribution is 5.88. The second kappa shape index (κ2) is 6.63. The average molecular weight is 380 g/mol. The van der Waals surface area contributed by atoms with Crippen LogP contribution in [0.15, 0.2) is 36.8 Å². The number of aromatic hydroxyl groups is 1. The van der Waals surface area contributed by atoms with Gasteiger partial charge in [-0.05, 0) is 42.8 Å². The van der Waals surface area contributed by atoms with Crippen LogP contribution in [-0.4, -0.2) is 56.6 Å². The van der Waals surface area contributed by atoms with Gasteiger partial charge in [0.25, 0.3) is 0 Å². The van der Waals surface area contributed by atoms with Crippen LogP contribution >= 0.6 is 0 Å². The third-order valence-electron chi connectivity index (χ3n) is 5.96. The molecule has 28 heavy (non-hydrogen) atoms. The Labute approximate surface area is 161 Å². The standard InChI is InChI=1S/C20H21FN6O/c1-27(16-8-13-2-3-15(24-13)19(16)21)18-10-23-20(26-25-18)14-6-12-9-22-5-4-11(12)7-17(14)28/h4-7,9-10,13,15-16,19,24,28H,2-3,8H2,1H3/t13-,15+,16-,19+/m1/s1. The summed E-state index contributed by atoms with van der Waals surface area (Å²) in [5.41, 5.74) is 0.491. The summed E-state index contributed by atoms with van der Waals surface area (Å²) in [4.78, 5) is 10.3. The number of nitrogens with one attached hydrogen (secondary N) is 1. The summed E-state index contributed by atoms with van der Waals surface area (Å²) in [7, 11) is 1.84. The van der Waals surface area contributed by atoms with Gasteiger partial charge in [-0.1, -0.05) is 0 Å². The van der Waals surface area contributed by atoms with Crippen molar-refractivity contribution in [1.82, 2.24) is 25.5 Å². The normalized spacial score (nSPS) is 26.5. The molecule has 2 bridgehead atoms. The number of aromatic nitrogens is 4. The van der Waals surface area contributed by atoms with E-state index in [0.29, 0.717) is 23.2 Å².